The molecular formula is C22H26N2O2. The third kappa shape index (κ3) is 4.31. The normalized spacial score (nSPS) is 14.2. The predicted octanol–water partition coefficient (Wildman–Crippen LogP) is 4.72. The topological polar surface area (TPSA) is 41.9 Å². The Morgan fingerprint density at radius 3 is 2.42 bits per heavy atom. The number of carbonyl (C=O) groups is 1. The van der Waals surface area contributed by atoms with Crippen LogP contribution in [-0.2, 0) is 11.3 Å². The van der Waals surface area contributed by atoms with Crippen LogP contribution in [0.15, 0.2) is 41.4 Å². The van der Waals surface area contributed by atoms with Crippen molar-refractivity contribution in [3.05, 3.63) is 64.2 Å². The molecule has 0 atom stereocenters. The molecule has 136 valence electrons. The number of ether oxygens (including phenoxy) is 1. The minimum absolute atomic E-state index is 0.284. The molecule has 2 aromatic carbocycles. The van der Waals surface area contributed by atoms with Gasteiger partial charge in [0.05, 0.1) is 17.6 Å². The second-order valence-electron chi connectivity index (χ2n) is 6.93. The largest absolute Gasteiger partial charge is 0.457 e. The Hall–Kier alpha value is -2.62. The van der Waals surface area contributed by atoms with Gasteiger partial charge in [-0.05, 0) is 62.4 Å². The molecule has 0 N–H and O–H groups in total. The molecule has 4 heteroatoms. The van der Waals surface area contributed by atoms with E-state index in [-0.39, 0.29) is 12.6 Å². The molecule has 1 saturated heterocycles. The van der Waals surface area contributed by atoms with Crippen molar-refractivity contribution in [1.29, 1.82) is 0 Å². The van der Waals surface area contributed by atoms with Crippen LogP contribution in [-0.4, -0.2) is 30.3 Å². The summed E-state index contributed by atoms with van der Waals surface area (Å²) in [5.74, 6) is -0.291. The molecule has 2 aromatic rings. The first-order chi connectivity index (χ1) is 12.5. The van der Waals surface area contributed by atoms with E-state index in [1.165, 1.54) is 18.4 Å². The van der Waals surface area contributed by atoms with E-state index < -0.39 is 0 Å². The average molecular weight is 350 g/mol. The number of likely N-dealkylation sites (tertiary alicyclic amines) is 1. The molecule has 3 rings (SSSR count). The van der Waals surface area contributed by atoms with Crippen LogP contribution in [0.2, 0.25) is 0 Å². The Morgan fingerprint density at radius 2 is 1.73 bits per heavy atom. The van der Waals surface area contributed by atoms with Gasteiger partial charge >= 0.3 is 5.97 Å². The Kier molecular flexibility index (Phi) is 5.71. The van der Waals surface area contributed by atoms with Gasteiger partial charge in [0.15, 0.2) is 0 Å². The van der Waals surface area contributed by atoms with Gasteiger partial charge in [0.2, 0.25) is 0 Å². The van der Waals surface area contributed by atoms with Crippen molar-refractivity contribution in [2.24, 2.45) is 4.99 Å². The number of nitrogens with zero attached hydrogens (tertiary/aromatic N) is 2. The highest BCUT2D eigenvalue weighted by atomic mass is 16.5. The van der Waals surface area contributed by atoms with Crippen molar-refractivity contribution in [1.82, 2.24) is 4.90 Å². The molecule has 4 nitrogen and oxygen atoms in total. The summed E-state index contributed by atoms with van der Waals surface area (Å²) in [6.45, 7) is 8.42. The number of carbonyl (C=O) groups excluding carboxylic acids is 1. The summed E-state index contributed by atoms with van der Waals surface area (Å²) in [4.78, 5) is 19.3. The van der Waals surface area contributed by atoms with E-state index in [0.29, 0.717) is 5.56 Å². The van der Waals surface area contributed by atoms with Gasteiger partial charge in [0, 0.05) is 13.1 Å². The summed E-state index contributed by atoms with van der Waals surface area (Å²) in [7, 11) is 0. The lowest BCUT2D eigenvalue weighted by Gasteiger charge is -2.13. The highest BCUT2D eigenvalue weighted by Crippen LogP contribution is 2.25. The van der Waals surface area contributed by atoms with Crippen LogP contribution in [0, 0.1) is 20.8 Å². The summed E-state index contributed by atoms with van der Waals surface area (Å²) in [5, 5.41) is 0. The van der Waals surface area contributed by atoms with E-state index in [0.717, 1.165) is 35.5 Å². The van der Waals surface area contributed by atoms with Crippen molar-refractivity contribution in [3.63, 3.8) is 0 Å². The van der Waals surface area contributed by atoms with E-state index >= 15 is 0 Å². The first-order valence-corrected chi connectivity index (χ1v) is 9.15. The minimum atomic E-state index is -0.291. The molecule has 0 bridgehead atoms. The van der Waals surface area contributed by atoms with E-state index in [1.807, 2.05) is 63.5 Å². The first kappa shape index (κ1) is 18.2. The van der Waals surface area contributed by atoms with Crippen LogP contribution in [0.1, 0.15) is 45.5 Å². The van der Waals surface area contributed by atoms with Crippen LogP contribution in [0.5, 0.6) is 0 Å². The van der Waals surface area contributed by atoms with Crippen LogP contribution < -0.4 is 0 Å². The third-order valence-corrected chi connectivity index (χ3v) is 4.97. The van der Waals surface area contributed by atoms with Crippen molar-refractivity contribution in [2.45, 2.75) is 40.2 Å². The lowest BCUT2D eigenvalue weighted by atomic mass is 10.0. The van der Waals surface area contributed by atoms with Gasteiger partial charge in [-0.2, -0.15) is 0 Å². The zero-order valence-electron chi connectivity index (χ0n) is 15.8. The molecule has 26 heavy (non-hydrogen) atoms. The fraction of sp³-hybridized carbons (Fsp3) is 0.364. The smallest absolute Gasteiger partial charge is 0.338 e. The lowest BCUT2D eigenvalue weighted by Crippen LogP contribution is -2.16. The zero-order chi connectivity index (χ0) is 18.5. The molecule has 0 unspecified atom stereocenters. The van der Waals surface area contributed by atoms with E-state index in [1.54, 1.807) is 0 Å². The Morgan fingerprint density at radius 1 is 1.04 bits per heavy atom. The molecule has 1 fully saturated rings. The van der Waals surface area contributed by atoms with Crippen molar-refractivity contribution >= 4 is 18.0 Å². The number of aliphatic imine (C=N–C) groups is 1. The predicted molar refractivity (Wildman–Crippen MR) is 105 cm³/mol. The highest BCUT2D eigenvalue weighted by molar-refractivity contribution is 5.92. The maximum absolute atomic E-state index is 12.5. The number of aryl methyl sites for hydroxylation is 1. The van der Waals surface area contributed by atoms with E-state index in [2.05, 4.69) is 9.89 Å². The quantitative estimate of drug-likeness (QED) is 0.445. The van der Waals surface area contributed by atoms with E-state index in [9.17, 15) is 4.79 Å². The van der Waals surface area contributed by atoms with Gasteiger partial charge in [-0.3, -0.25) is 0 Å². The summed E-state index contributed by atoms with van der Waals surface area (Å²) >= 11 is 0. The number of benzene rings is 2. The van der Waals surface area contributed by atoms with Crippen LogP contribution in [0.3, 0.4) is 0 Å². The SMILES string of the molecule is Cc1ccc(COC(=O)c2ccc(/N=C/N3CCCC3)c(C)c2C)cc1. The molecule has 0 amide bonds. The number of rotatable bonds is 5. The number of hydrogen-bond donors (Lipinski definition) is 0. The summed E-state index contributed by atoms with van der Waals surface area (Å²) in [6.07, 6.45) is 4.38. The van der Waals surface area contributed by atoms with Crippen LogP contribution in [0.4, 0.5) is 5.69 Å². The van der Waals surface area contributed by atoms with Crippen LogP contribution in [0.25, 0.3) is 0 Å². The fourth-order valence-corrected chi connectivity index (χ4v) is 3.08. The second-order valence-corrected chi connectivity index (χ2v) is 6.93. The molecule has 0 radical (unpaired) electrons. The maximum Gasteiger partial charge on any atom is 0.338 e. The minimum Gasteiger partial charge on any atom is -0.457 e. The first-order valence-electron chi connectivity index (χ1n) is 9.15. The molecule has 1 aliphatic heterocycles. The monoisotopic (exact) mass is 350 g/mol. The molecule has 1 heterocycles. The van der Waals surface area contributed by atoms with Gasteiger partial charge in [0.25, 0.3) is 0 Å². The van der Waals surface area contributed by atoms with Crippen molar-refractivity contribution < 1.29 is 9.53 Å². The molecule has 0 aromatic heterocycles. The van der Waals surface area contributed by atoms with Crippen LogP contribution >= 0.6 is 0 Å². The third-order valence-electron chi connectivity index (χ3n) is 4.97. The van der Waals surface area contributed by atoms with Gasteiger partial charge in [-0.15, -0.1) is 0 Å². The maximum atomic E-state index is 12.5. The number of esters is 1. The molecular weight excluding hydrogens is 324 g/mol. The van der Waals surface area contributed by atoms with Gasteiger partial charge in [0.1, 0.15) is 6.61 Å². The molecule has 0 aliphatic carbocycles. The van der Waals surface area contributed by atoms with Gasteiger partial charge in [-0.25, -0.2) is 9.79 Å². The summed E-state index contributed by atoms with van der Waals surface area (Å²) in [6, 6.07) is 11.7. The molecule has 1 aliphatic rings. The standard InChI is InChI=1S/C22H26N2O2/c1-16-6-8-19(9-7-16)14-26-22(25)20-10-11-21(18(3)17(20)2)23-15-24-12-4-5-13-24/h6-11,15H,4-5,12-14H2,1-3H3/b23-15+. The fourth-order valence-electron chi connectivity index (χ4n) is 3.08. The Balaban J connectivity index is 1.68. The lowest BCUT2D eigenvalue weighted by molar-refractivity contribution is 0.0472. The summed E-state index contributed by atoms with van der Waals surface area (Å²) in [5.41, 5.74) is 5.64. The highest BCUT2D eigenvalue weighted by Gasteiger charge is 2.14. The molecule has 0 saturated carbocycles. The second kappa shape index (κ2) is 8.17. The van der Waals surface area contributed by atoms with Gasteiger partial charge < -0.3 is 9.64 Å². The number of hydrogen-bond acceptors (Lipinski definition) is 3. The summed E-state index contributed by atoms with van der Waals surface area (Å²) < 4.78 is 5.49. The zero-order valence-corrected chi connectivity index (χ0v) is 15.8. The van der Waals surface area contributed by atoms with Gasteiger partial charge in [-0.1, -0.05) is 29.8 Å². The van der Waals surface area contributed by atoms with Crippen molar-refractivity contribution in [2.75, 3.05) is 13.1 Å². The van der Waals surface area contributed by atoms with E-state index in [4.69, 9.17) is 4.74 Å². The Bertz CT molecular complexity index is 804. The molecule has 0 spiro atoms. The average Bonchev–Trinajstić information content (AvgIpc) is 3.16. The Labute approximate surface area is 155 Å². The van der Waals surface area contributed by atoms with Crippen molar-refractivity contribution in [3.8, 4) is 0 Å².